The zero-order valence-electron chi connectivity index (χ0n) is 18.2. The summed E-state index contributed by atoms with van der Waals surface area (Å²) < 4.78 is 15.9. The third kappa shape index (κ3) is 6.85. The fourth-order valence-corrected chi connectivity index (χ4v) is 2.80. The summed E-state index contributed by atoms with van der Waals surface area (Å²) in [6.45, 7) is -0.505. The van der Waals surface area contributed by atoms with Crippen LogP contribution in [0.15, 0.2) is 68.1 Å². The van der Waals surface area contributed by atoms with Gasteiger partial charge in [0.2, 0.25) is 11.9 Å². The number of esters is 2. The Balaban J connectivity index is 1.70. The summed E-state index contributed by atoms with van der Waals surface area (Å²) >= 11 is 0. The standard InChI is InChI=1S/C21H22N8O6/c22-20(23)28-26-8-17(30)34-12-3-1-11(2-4-12)15-10-33-16-7-13(5-6-14(16)19(15)32)35-18(31)9-27-29-21(24)25/h1-7,10,26-27H,8-9H2,(H4,22,23,28)(H4,24,25,29). The van der Waals surface area contributed by atoms with Crippen molar-refractivity contribution in [2.24, 2.45) is 33.1 Å². The zero-order chi connectivity index (χ0) is 25.4. The van der Waals surface area contributed by atoms with Gasteiger partial charge >= 0.3 is 11.9 Å². The van der Waals surface area contributed by atoms with Crippen molar-refractivity contribution in [3.63, 3.8) is 0 Å². The van der Waals surface area contributed by atoms with Gasteiger partial charge in [-0.3, -0.25) is 15.6 Å². The van der Waals surface area contributed by atoms with Crippen LogP contribution in [0, 0.1) is 0 Å². The molecule has 1 heterocycles. The molecule has 3 aromatic rings. The highest BCUT2D eigenvalue weighted by molar-refractivity contribution is 5.84. The summed E-state index contributed by atoms with van der Waals surface area (Å²) in [5.41, 5.74) is 26.1. The number of rotatable bonds is 9. The molecule has 0 saturated heterocycles. The molecule has 0 atom stereocenters. The highest BCUT2D eigenvalue weighted by Gasteiger charge is 2.12. The van der Waals surface area contributed by atoms with Crippen LogP contribution in [0.4, 0.5) is 0 Å². The molecule has 0 radical (unpaired) electrons. The van der Waals surface area contributed by atoms with Crippen molar-refractivity contribution in [2.75, 3.05) is 13.1 Å². The van der Waals surface area contributed by atoms with Gasteiger partial charge in [-0.05, 0) is 29.8 Å². The molecule has 1 aromatic heterocycles. The van der Waals surface area contributed by atoms with Gasteiger partial charge < -0.3 is 36.8 Å². The van der Waals surface area contributed by atoms with E-state index in [-0.39, 0.29) is 58.5 Å². The first-order valence-electron chi connectivity index (χ1n) is 9.93. The maximum absolute atomic E-state index is 13.0. The first-order valence-corrected chi connectivity index (χ1v) is 9.93. The van der Waals surface area contributed by atoms with E-state index in [0.717, 1.165) is 0 Å². The van der Waals surface area contributed by atoms with Gasteiger partial charge in [0, 0.05) is 6.07 Å². The minimum atomic E-state index is -0.652. The van der Waals surface area contributed by atoms with Crippen LogP contribution in [0.2, 0.25) is 0 Å². The Morgan fingerprint density at radius 2 is 1.37 bits per heavy atom. The number of hydrazone groups is 2. The Hall–Kier alpha value is -5.27. The molecule has 2 aromatic carbocycles. The molecule has 0 bridgehead atoms. The minimum absolute atomic E-state index is 0.172. The minimum Gasteiger partial charge on any atom is -0.463 e. The highest BCUT2D eigenvalue weighted by atomic mass is 16.5. The SMILES string of the molecule is NC(N)=NNCC(=O)Oc1ccc(-c2coc3cc(OC(=O)CNN=C(N)N)ccc3c2=O)cc1. The first kappa shape index (κ1) is 24.4. The van der Waals surface area contributed by atoms with Gasteiger partial charge in [-0.1, -0.05) is 12.1 Å². The van der Waals surface area contributed by atoms with E-state index in [1.165, 1.54) is 36.6 Å². The summed E-state index contributed by atoms with van der Waals surface area (Å²) in [7, 11) is 0. The molecule has 0 aliphatic carbocycles. The lowest BCUT2D eigenvalue weighted by Crippen LogP contribution is -2.30. The molecule has 0 spiro atoms. The third-order valence-corrected chi connectivity index (χ3v) is 4.24. The van der Waals surface area contributed by atoms with Crippen molar-refractivity contribution >= 4 is 34.8 Å². The van der Waals surface area contributed by atoms with Crippen molar-refractivity contribution < 1.29 is 23.5 Å². The largest absolute Gasteiger partial charge is 0.463 e. The van der Waals surface area contributed by atoms with E-state index in [9.17, 15) is 14.4 Å². The van der Waals surface area contributed by atoms with Crippen molar-refractivity contribution in [1.29, 1.82) is 0 Å². The molecule has 0 fully saturated rings. The molecule has 0 unspecified atom stereocenters. The van der Waals surface area contributed by atoms with E-state index >= 15 is 0 Å². The fourth-order valence-electron chi connectivity index (χ4n) is 2.80. The predicted octanol–water partition coefficient (Wildman–Crippen LogP) is -1.17. The number of carbonyl (C=O) groups excluding carboxylic acids is 2. The van der Waals surface area contributed by atoms with Gasteiger partial charge in [-0.25, -0.2) is 9.59 Å². The summed E-state index contributed by atoms with van der Waals surface area (Å²) in [4.78, 5) is 36.6. The van der Waals surface area contributed by atoms with Gasteiger partial charge in [0.1, 0.15) is 36.4 Å². The number of hydrogen-bond acceptors (Lipinski definition) is 10. The lowest BCUT2D eigenvalue weighted by Gasteiger charge is -2.07. The molecule has 0 amide bonds. The van der Waals surface area contributed by atoms with Gasteiger partial charge in [-0.15, -0.1) is 10.2 Å². The van der Waals surface area contributed by atoms with E-state index in [0.29, 0.717) is 5.56 Å². The van der Waals surface area contributed by atoms with Gasteiger partial charge in [0.05, 0.1) is 10.9 Å². The Bertz CT molecular complexity index is 1340. The van der Waals surface area contributed by atoms with E-state index in [2.05, 4.69) is 21.1 Å². The number of benzene rings is 2. The first-order chi connectivity index (χ1) is 16.7. The number of nitrogens with zero attached hydrogens (tertiary/aromatic N) is 2. The van der Waals surface area contributed by atoms with Crippen molar-refractivity contribution in [3.8, 4) is 22.6 Å². The molecule has 0 saturated carbocycles. The van der Waals surface area contributed by atoms with Crippen LogP contribution in [-0.4, -0.2) is 36.9 Å². The van der Waals surface area contributed by atoms with Gasteiger partial charge in [-0.2, -0.15) is 0 Å². The van der Waals surface area contributed by atoms with Crippen LogP contribution in [0.25, 0.3) is 22.1 Å². The summed E-state index contributed by atoms with van der Waals surface area (Å²) in [6.07, 6.45) is 1.29. The van der Waals surface area contributed by atoms with E-state index in [1.54, 1.807) is 12.1 Å². The van der Waals surface area contributed by atoms with Crippen molar-refractivity contribution in [3.05, 3.63) is 59.0 Å². The van der Waals surface area contributed by atoms with Crippen LogP contribution in [0.3, 0.4) is 0 Å². The second kappa shape index (κ2) is 11.0. The van der Waals surface area contributed by atoms with Gasteiger partial charge in [0.25, 0.3) is 0 Å². The monoisotopic (exact) mass is 482 g/mol. The maximum Gasteiger partial charge on any atom is 0.332 e. The Morgan fingerprint density at radius 3 is 1.94 bits per heavy atom. The average Bonchev–Trinajstić information content (AvgIpc) is 2.79. The molecule has 35 heavy (non-hydrogen) atoms. The fraction of sp³-hybridized carbons (Fsp3) is 0.0952. The second-order valence-corrected chi connectivity index (χ2v) is 6.85. The number of hydrogen-bond donors (Lipinski definition) is 6. The van der Waals surface area contributed by atoms with Crippen molar-refractivity contribution in [2.45, 2.75) is 0 Å². The maximum atomic E-state index is 13.0. The van der Waals surface area contributed by atoms with Crippen LogP contribution in [0.1, 0.15) is 0 Å². The molecule has 14 heteroatoms. The molecule has 0 aliphatic heterocycles. The van der Waals surface area contributed by atoms with E-state index < -0.39 is 11.9 Å². The normalized spacial score (nSPS) is 10.2. The molecule has 0 aliphatic rings. The molecule has 3 rings (SSSR count). The smallest absolute Gasteiger partial charge is 0.332 e. The third-order valence-electron chi connectivity index (χ3n) is 4.24. The summed E-state index contributed by atoms with van der Waals surface area (Å²) in [5, 5.41) is 7.21. The number of carbonyl (C=O) groups is 2. The quantitative estimate of drug-likeness (QED) is 0.0695. The van der Waals surface area contributed by atoms with Crippen LogP contribution in [-0.2, 0) is 9.59 Å². The number of guanidine groups is 2. The highest BCUT2D eigenvalue weighted by Crippen LogP contribution is 2.24. The van der Waals surface area contributed by atoms with Gasteiger partial charge in [0.15, 0.2) is 5.43 Å². The predicted molar refractivity (Wildman–Crippen MR) is 127 cm³/mol. The molecular formula is C21H22N8O6. The van der Waals surface area contributed by atoms with Crippen LogP contribution < -0.4 is 48.7 Å². The second-order valence-electron chi connectivity index (χ2n) is 6.85. The zero-order valence-corrected chi connectivity index (χ0v) is 18.2. The topological polar surface area (TPSA) is 236 Å². The number of fused-ring (bicyclic) bond motifs is 1. The number of ether oxygens (including phenoxy) is 2. The summed E-state index contributed by atoms with van der Waals surface area (Å²) in [5.74, 6) is -1.28. The average molecular weight is 482 g/mol. The Kier molecular flexibility index (Phi) is 7.69. The molecule has 14 nitrogen and oxygen atoms in total. The Labute approximate surface area is 197 Å². The summed E-state index contributed by atoms with van der Waals surface area (Å²) in [6, 6.07) is 10.6. The Morgan fingerprint density at radius 1 is 0.829 bits per heavy atom. The van der Waals surface area contributed by atoms with E-state index in [4.69, 9.17) is 36.8 Å². The lowest BCUT2D eigenvalue weighted by atomic mass is 10.1. The van der Waals surface area contributed by atoms with Crippen molar-refractivity contribution in [1.82, 2.24) is 10.9 Å². The lowest BCUT2D eigenvalue weighted by molar-refractivity contribution is -0.134. The van der Waals surface area contributed by atoms with E-state index in [1.807, 2.05) is 0 Å². The van der Waals surface area contributed by atoms with Crippen LogP contribution >= 0.6 is 0 Å². The molecule has 182 valence electrons. The number of nitrogens with one attached hydrogen (secondary N) is 2. The number of nitrogens with two attached hydrogens (primary N) is 4. The molecule has 10 N–H and O–H groups in total. The van der Waals surface area contributed by atoms with Crippen LogP contribution in [0.5, 0.6) is 11.5 Å². The molecular weight excluding hydrogens is 460 g/mol.